The zero-order valence-corrected chi connectivity index (χ0v) is 16.1. The van der Waals surface area contributed by atoms with Gasteiger partial charge in [0.25, 0.3) is 21.6 Å². The van der Waals surface area contributed by atoms with E-state index in [1.54, 1.807) is 37.3 Å². The molecule has 0 saturated heterocycles. The van der Waals surface area contributed by atoms with Gasteiger partial charge in [0.2, 0.25) is 0 Å². The van der Waals surface area contributed by atoms with Gasteiger partial charge in [-0.15, -0.1) is 0 Å². The van der Waals surface area contributed by atoms with Crippen LogP contribution in [0.5, 0.6) is 0 Å². The molecule has 0 spiro atoms. The summed E-state index contributed by atoms with van der Waals surface area (Å²) in [6.45, 7) is 1.63. The van der Waals surface area contributed by atoms with Crippen molar-refractivity contribution >= 4 is 33.0 Å². The molecule has 3 rings (SSSR count). The van der Waals surface area contributed by atoms with Gasteiger partial charge >= 0.3 is 0 Å². The molecule has 0 unspecified atom stereocenters. The summed E-state index contributed by atoms with van der Waals surface area (Å²) in [4.78, 5) is 22.8. The third kappa shape index (κ3) is 4.77. The molecule has 148 valence electrons. The number of nitro groups is 1. The molecule has 2 N–H and O–H groups in total. The molecule has 0 saturated carbocycles. The second kappa shape index (κ2) is 8.11. The average Bonchev–Trinajstić information content (AvgIpc) is 2.68. The Bertz CT molecular complexity index is 1180. The Hall–Kier alpha value is -3.72. The lowest BCUT2D eigenvalue weighted by Gasteiger charge is -2.12. The maximum absolute atomic E-state index is 12.8. The molecule has 0 fully saturated rings. The first-order valence-electron chi connectivity index (χ1n) is 8.50. The maximum atomic E-state index is 12.8. The van der Waals surface area contributed by atoms with Crippen molar-refractivity contribution in [1.29, 1.82) is 0 Å². The zero-order chi connectivity index (χ0) is 21.0. The predicted molar refractivity (Wildman–Crippen MR) is 109 cm³/mol. The first-order valence-corrected chi connectivity index (χ1v) is 9.99. The number of carbonyl (C=O) groups is 1. The second-order valence-electron chi connectivity index (χ2n) is 6.21. The minimum absolute atomic E-state index is 0.0342. The number of anilines is 2. The SMILES string of the molecule is Cc1ccc(C(=O)Nc2cccc([N+](=O)[O-])c2)cc1S(=O)(=O)Nc1ccccc1. The van der Waals surface area contributed by atoms with Gasteiger partial charge in [-0.3, -0.25) is 19.6 Å². The van der Waals surface area contributed by atoms with E-state index in [4.69, 9.17) is 0 Å². The van der Waals surface area contributed by atoms with Crippen molar-refractivity contribution in [3.05, 3.63) is 94.0 Å². The van der Waals surface area contributed by atoms with Crippen LogP contribution >= 0.6 is 0 Å². The smallest absolute Gasteiger partial charge is 0.271 e. The zero-order valence-electron chi connectivity index (χ0n) is 15.3. The highest BCUT2D eigenvalue weighted by Gasteiger charge is 2.19. The number of nitro benzene ring substituents is 1. The Kier molecular flexibility index (Phi) is 5.60. The van der Waals surface area contributed by atoms with Crippen molar-refractivity contribution in [1.82, 2.24) is 0 Å². The number of benzene rings is 3. The van der Waals surface area contributed by atoms with Crippen molar-refractivity contribution in [3.8, 4) is 0 Å². The number of carbonyl (C=O) groups excluding carboxylic acids is 1. The molecule has 9 heteroatoms. The molecule has 0 heterocycles. The van der Waals surface area contributed by atoms with Crippen LogP contribution < -0.4 is 10.0 Å². The fraction of sp³-hybridized carbons (Fsp3) is 0.0500. The quantitative estimate of drug-likeness (QED) is 0.470. The van der Waals surface area contributed by atoms with Gasteiger partial charge in [-0.25, -0.2) is 8.42 Å². The highest BCUT2D eigenvalue weighted by atomic mass is 32.2. The van der Waals surface area contributed by atoms with Crippen LogP contribution in [0.3, 0.4) is 0 Å². The lowest BCUT2D eigenvalue weighted by molar-refractivity contribution is -0.384. The summed E-state index contributed by atoms with van der Waals surface area (Å²) in [5.74, 6) is -0.582. The minimum Gasteiger partial charge on any atom is -0.322 e. The minimum atomic E-state index is -3.91. The van der Waals surface area contributed by atoms with E-state index in [9.17, 15) is 23.3 Å². The van der Waals surface area contributed by atoms with Crippen molar-refractivity contribution in [3.63, 3.8) is 0 Å². The van der Waals surface area contributed by atoms with Crippen LogP contribution in [0.25, 0.3) is 0 Å². The third-order valence-corrected chi connectivity index (χ3v) is 5.60. The molecule has 0 aliphatic rings. The van der Waals surface area contributed by atoms with Crippen LogP contribution in [0.2, 0.25) is 0 Å². The fourth-order valence-corrected chi connectivity index (χ4v) is 3.98. The Balaban J connectivity index is 1.87. The topological polar surface area (TPSA) is 118 Å². The van der Waals surface area contributed by atoms with E-state index in [1.165, 1.54) is 42.5 Å². The monoisotopic (exact) mass is 411 g/mol. The summed E-state index contributed by atoms with van der Waals surface area (Å²) in [6.07, 6.45) is 0. The molecule has 1 amide bonds. The maximum Gasteiger partial charge on any atom is 0.271 e. The number of hydrogen-bond acceptors (Lipinski definition) is 5. The third-order valence-electron chi connectivity index (χ3n) is 4.08. The van der Waals surface area contributed by atoms with Gasteiger partial charge in [-0.2, -0.15) is 0 Å². The number of para-hydroxylation sites is 1. The van der Waals surface area contributed by atoms with Crippen molar-refractivity contribution in [2.75, 3.05) is 10.0 Å². The van der Waals surface area contributed by atoms with E-state index in [0.717, 1.165) is 0 Å². The molecule has 0 aliphatic heterocycles. The van der Waals surface area contributed by atoms with Gasteiger partial charge in [0.05, 0.1) is 9.82 Å². The van der Waals surface area contributed by atoms with Crippen molar-refractivity contribution in [2.45, 2.75) is 11.8 Å². The molecule has 8 nitrogen and oxygen atoms in total. The molecule has 29 heavy (non-hydrogen) atoms. The Morgan fingerprint density at radius 3 is 2.31 bits per heavy atom. The highest BCUT2D eigenvalue weighted by molar-refractivity contribution is 7.92. The Morgan fingerprint density at radius 1 is 0.931 bits per heavy atom. The van der Waals surface area contributed by atoms with Gasteiger partial charge in [0, 0.05) is 29.1 Å². The molecular formula is C20H17N3O5S. The molecule has 0 bridgehead atoms. The first kappa shape index (κ1) is 20.0. The number of nitrogens with zero attached hydrogens (tertiary/aromatic N) is 1. The van der Waals surface area contributed by atoms with E-state index in [1.807, 2.05) is 0 Å². The number of non-ortho nitro benzene ring substituents is 1. The standard InChI is InChI=1S/C20H17N3O5S/c1-14-10-11-15(20(24)21-17-8-5-9-18(13-17)23(25)26)12-19(14)29(27,28)22-16-6-3-2-4-7-16/h2-13,22H,1H3,(H,21,24). The van der Waals surface area contributed by atoms with Gasteiger partial charge in [0.15, 0.2) is 0 Å². The summed E-state index contributed by atoms with van der Waals surface area (Å²) in [5, 5.41) is 13.4. The highest BCUT2D eigenvalue weighted by Crippen LogP contribution is 2.22. The first-order chi connectivity index (χ1) is 13.8. The average molecular weight is 411 g/mol. The van der Waals surface area contributed by atoms with E-state index in [2.05, 4.69) is 10.0 Å². The molecule has 3 aromatic rings. The lowest BCUT2D eigenvalue weighted by Crippen LogP contribution is -2.17. The number of amides is 1. The van der Waals surface area contributed by atoms with Crippen LogP contribution in [0.4, 0.5) is 17.1 Å². The van der Waals surface area contributed by atoms with E-state index >= 15 is 0 Å². The summed E-state index contributed by atoms with van der Waals surface area (Å²) < 4.78 is 28.0. The molecule has 0 aromatic heterocycles. The van der Waals surface area contributed by atoms with E-state index < -0.39 is 20.9 Å². The molecular weight excluding hydrogens is 394 g/mol. The molecule has 0 radical (unpaired) electrons. The summed E-state index contributed by atoms with van der Waals surface area (Å²) in [5.41, 5.74) is 1.05. The molecule has 0 atom stereocenters. The van der Waals surface area contributed by atoms with E-state index in [-0.39, 0.29) is 21.8 Å². The van der Waals surface area contributed by atoms with Gasteiger partial charge < -0.3 is 5.32 Å². The van der Waals surface area contributed by atoms with Crippen LogP contribution in [-0.2, 0) is 10.0 Å². The lowest BCUT2D eigenvalue weighted by atomic mass is 10.1. The van der Waals surface area contributed by atoms with Crippen LogP contribution in [0.1, 0.15) is 15.9 Å². The van der Waals surface area contributed by atoms with Crippen molar-refractivity contribution in [2.24, 2.45) is 0 Å². The number of nitrogens with one attached hydrogen (secondary N) is 2. The summed E-state index contributed by atoms with van der Waals surface area (Å²) in [6, 6.07) is 18.2. The number of hydrogen-bond donors (Lipinski definition) is 2. The van der Waals surface area contributed by atoms with Gasteiger partial charge in [0.1, 0.15) is 0 Å². The van der Waals surface area contributed by atoms with Crippen LogP contribution in [0.15, 0.2) is 77.7 Å². The van der Waals surface area contributed by atoms with Crippen LogP contribution in [0, 0.1) is 17.0 Å². The summed E-state index contributed by atoms with van der Waals surface area (Å²) >= 11 is 0. The number of aryl methyl sites for hydroxylation is 1. The summed E-state index contributed by atoms with van der Waals surface area (Å²) in [7, 11) is -3.91. The Morgan fingerprint density at radius 2 is 1.62 bits per heavy atom. The normalized spacial score (nSPS) is 10.9. The number of rotatable bonds is 6. The van der Waals surface area contributed by atoms with Crippen molar-refractivity contribution < 1.29 is 18.1 Å². The number of sulfonamides is 1. The van der Waals surface area contributed by atoms with Gasteiger partial charge in [-0.1, -0.05) is 30.3 Å². The van der Waals surface area contributed by atoms with Gasteiger partial charge in [-0.05, 0) is 42.8 Å². The molecule has 0 aliphatic carbocycles. The predicted octanol–water partition coefficient (Wildman–Crippen LogP) is 3.96. The van der Waals surface area contributed by atoms with Crippen LogP contribution in [-0.4, -0.2) is 19.2 Å². The van der Waals surface area contributed by atoms with E-state index in [0.29, 0.717) is 11.3 Å². The second-order valence-corrected chi connectivity index (χ2v) is 7.86. The Labute approximate surface area is 167 Å². The largest absolute Gasteiger partial charge is 0.322 e. The fourth-order valence-electron chi connectivity index (χ4n) is 2.65. The molecule has 3 aromatic carbocycles.